The molecule has 1 aliphatic heterocycles. The molecule has 3 heteroatoms. The highest BCUT2D eigenvalue weighted by Crippen LogP contribution is 2.57. The summed E-state index contributed by atoms with van der Waals surface area (Å²) in [5.41, 5.74) is 10.2. The molecule has 4 unspecified atom stereocenters. The predicted octanol–water partition coefficient (Wildman–Crippen LogP) is 11.3. The third-order valence-corrected chi connectivity index (χ3v) is 11.5. The second kappa shape index (κ2) is 9.94. The molecule has 2 aromatic heterocycles. The van der Waals surface area contributed by atoms with Crippen molar-refractivity contribution in [3.8, 4) is 16.8 Å². The maximum Gasteiger partial charge on any atom is 0.144 e. The van der Waals surface area contributed by atoms with Crippen LogP contribution in [0.4, 0.5) is 0 Å². The van der Waals surface area contributed by atoms with E-state index in [0.717, 1.165) is 11.4 Å². The van der Waals surface area contributed by atoms with Crippen LogP contribution in [0, 0.1) is 11.8 Å². The quantitative estimate of drug-likeness (QED) is 0.194. The summed E-state index contributed by atoms with van der Waals surface area (Å²) in [4.78, 5) is 0. The largest absolute Gasteiger partial charge is 0.483 e. The van der Waals surface area contributed by atoms with E-state index in [0.29, 0.717) is 0 Å². The highest BCUT2D eigenvalue weighted by atomic mass is 32.1. The van der Waals surface area contributed by atoms with Crippen LogP contribution < -0.4 is 0 Å². The van der Waals surface area contributed by atoms with Gasteiger partial charge in [0.25, 0.3) is 0 Å². The van der Waals surface area contributed by atoms with Crippen LogP contribution in [0.5, 0.6) is 0 Å². The van der Waals surface area contributed by atoms with Crippen LogP contribution in [-0.2, 0) is 4.74 Å². The molecule has 5 aromatic carbocycles. The van der Waals surface area contributed by atoms with Crippen LogP contribution in [0.25, 0.3) is 53.6 Å². The number of thiophene rings is 1. The smallest absolute Gasteiger partial charge is 0.144 e. The van der Waals surface area contributed by atoms with Gasteiger partial charge in [0.15, 0.2) is 0 Å². The summed E-state index contributed by atoms with van der Waals surface area (Å²) < 4.78 is 12.1. The number of para-hydroxylation sites is 1. The monoisotopic (exact) mass is 609 g/mol. The fourth-order valence-corrected chi connectivity index (χ4v) is 9.45. The van der Waals surface area contributed by atoms with Crippen LogP contribution in [0.2, 0.25) is 0 Å². The van der Waals surface area contributed by atoms with Gasteiger partial charge in [-0.15, -0.1) is 11.3 Å². The van der Waals surface area contributed by atoms with Crippen molar-refractivity contribution in [3.63, 3.8) is 0 Å². The maximum absolute atomic E-state index is 6.97. The highest BCUT2D eigenvalue weighted by molar-refractivity contribution is 7.25. The van der Waals surface area contributed by atoms with Crippen molar-refractivity contribution < 1.29 is 4.74 Å². The van der Waals surface area contributed by atoms with E-state index < -0.39 is 0 Å². The predicted molar refractivity (Wildman–Crippen MR) is 193 cm³/mol. The van der Waals surface area contributed by atoms with Gasteiger partial charge < -0.3 is 9.30 Å². The minimum Gasteiger partial charge on any atom is -0.483 e. The van der Waals surface area contributed by atoms with Gasteiger partial charge in [0, 0.05) is 43.1 Å². The lowest BCUT2D eigenvalue weighted by atomic mass is 9.69. The van der Waals surface area contributed by atoms with E-state index in [9.17, 15) is 0 Å². The van der Waals surface area contributed by atoms with Crippen LogP contribution >= 0.6 is 11.3 Å². The maximum atomic E-state index is 6.97. The Bertz CT molecular complexity index is 2420. The minimum absolute atomic E-state index is 0.0271. The molecule has 0 N–H and O–H groups in total. The number of nitrogens with zero attached hydrogens (tertiary/aromatic N) is 1. The molecule has 0 saturated carbocycles. The molecule has 4 atom stereocenters. The van der Waals surface area contributed by atoms with Gasteiger partial charge in [-0.3, -0.25) is 0 Å². The van der Waals surface area contributed by atoms with Gasteiger partial charge in [-0.05, 0) is 76.2 Å². The van der Waals surface area contributed by atoms with E-state index in [4.69, 9.17) is 4.74 Å². The Hall–Kier alpha value is -5.12. The van der Waals surface area contributed by atoms with Gasteiger partial charge in [0.1, 0.15) is 11.9 Å². The second-order valence-corrected chi connectivity index (χ2v) is 13.9. The zero-order valence-corrected chi connectivity index (χ0v) is 26.2. The summed E-state index contributed by atoms with van der Waals surface area (Å²) in [6.07, 6.45) is 8.94. The molecule has 3 heterocycles. The number of benzene rings is 5. The Labute approximate surface area is 272 Å². The molecule has 220 valence electrons. The van der Waals surface area contributed by atoms with Gasteiger partial charge in [0.05, 0.1) is 11.2 Å². The molecule has 2 nitrogen and oxygen atoms in total. The number of hydrogen-bond donors (Lipinski definition) is 0. The van der Waals surface area contributed by atoms with Crippen LogP contribution in [0.3, 0.4) is 0 Å². The van der Waals surface area contributed by atoms with Crippen molar-refractivity contribution in [3.05, 3.63) is 168 Å². The first-order chi connectivity index (χ1) is 22.7. The molecule has 0 saturated heterocycles. The summed E-state index contributed by atoms with van der Waals surface area (Å²) in [6.45, 7) is 2.43. The molecular formula is C43H31NOS. The van der Waals surface area contributed by atoms with Crippen LogP contribution in [-0.4, -0.2) is 10.7 Å². The molecule has 0 amide bonds. The Kier molecular flexibility index (Phi) is 5.65. The van der Waals surface area contributed by atoms with Crippen molar-refractivity contribution in [2.75, 3.05) is 0 Å². The van der Waals surface area contributed by atoms with E-state index in [1.807, 2.05) is 11.3 Å². The zero-order valence-electron chi connectivity index (χ0n) is 25.4. The average Bonchev–Trinajstić information content (AvgIpc) is 3.79. The van der Waals surface area contributed by atoms with Gasteiger partial charge in [-0.1, -0.05) is 110 Å². The molecule has 0 spiro atoms. The van der Waals surface area contributed by atoms with Gasteiger partial charge in [-0.2, -0.15) is 0 Å². The lowest BCUT2D eigenvalue weighted by Crippen LogP contribution is -2.24. The van der Waals surface area contributed by atoms with E-state index in [1.165, 1.54) is 64.6 Å². The molecule has 46 heavy (non-hydrogen) atoms. The minimum atomic E-state index is 0.0271. The number of hydrogen-bond acceptors (Lipinski definition) is 2. The molecule has 0 radical (unpaired) electrons. The first kappa shape index (κ1) is 26.1. The van der Waals surface area contributed by atoms with Crippen molar-refractivity contribution in [1.82, 2.24) is 4.57 Å². The van der Waals surface area contributed by atoms with Crippen LogP contribution in [0.1, 0.15) is 29.7 Å². The lowest BCUT2D eigenvalue weighted by Gasteiger charge is -2.33. The fourth-order valence-electron chi connectivity index (χ4n) is 8.37. The van der Waals surface area contributed by atoms with Gasteiger partial charge in [-0.25, -0.2) is 0 Å². The number of allylic oxidation sites excluding steroid dienone is 2. The molecule has 2 aliphatic carbocycles. The van der Waals surface area contributed by atoms with Gasteiger partial charge in [0.2, 0.25) is 0 Å². The number of fused-ring (bicyclic) bond motifs is 9. The standard InChI is InChI=1S/C43H31NOS/c1-26-39(29-21-24-38-34(25-29)31-13-7-10-18-37(31)46-38)41-32-14-5-8-16-35(32)44(30-22-19-28(20-23-30)27-11-3-2-4-12-27)42(41)43-40(26)33-15-6-9-17-36(33)45-43/h2-26,33,36,39H,1H3. The summed E-state index contributed by atoms with van der Waals surface area (Å²) in [7, 11) is 0. The third kappa shape index (κ3) is 3.69. The normalized spacial score (nSPS) is 21.5. The van der Waals surface area contributed by atoms with Crippen molar-refractivity contribution in [1.29, 1.82) is 0 Å². The summed E-state index contributed by atoms with van der Waals surface area (Å²) in [5, 5.41) is 4.00. The molecule has 3 aliphatic rings. The third-order valence-electron chi connectivity index (χ3n) is 10.4. The SMILES string of the molecule is CC1C2=C(OC3C=CC=CC23)c2c(c3ccccc3n2-c2ccc(-c3ccccc3)cc2)C1c1ccc2sc3ccccc3c2c1. The van der Waals surface area contributed by atoms with Crippen LogP contribution in [0.15, 0.2) is 151 Å². The zero-order chi connectivity index (χ0) is 30.4. The number of ether oxygens (including phenoxy) is 1. The second-order valence-electron chi connectivity index (χ2n) is 12.8. The first-order valence-electron chi connectivity index (χ1n) is 16.2. The fraction of sp³-hybridized carbons (Fsp3) is 0.116. The average molecular weight is 610 g/mol. The van der Waals surface area contributed by atoms with E-state index in [1.54, 1.807) is 0 Å². The molecular weight excluding hydrogens is 579 g/mol. The topological polar surface area (TPSA) is 14.2 Å². The molecule has 10 rings (SSSR count). The van der Waals surface area contributed by atoms with Gasteiger partial charge >= 0.3 is 0 Å². The van der Waals surface area contributed by atoms with E-state index in [2.05, 4.69) is 157 Å². The Morgan fingerprint density at radius 2 is 1.37 bits per heavy atom. The van der Waals surface area contributed by atoms with Crippen molar-refractivity contribution in [2.45, 2.75) is 18.9 Å². The molecule has 0 bridgehead atoms. The Morgan fingerprint density at radius 3 is 2.24 bits per heavy atom. The van der Waals surface area contributed by atoms with E-state index in [-0.39, 0.29) is 23.9 Å². The number of rotatable bonds is 3. The van der Waals surface area contributed by atoms with E-state index >= 15 is 0 Å². The highest BCUT2D eigenvalue weighted by Gasteiger charge is 2.47. The summed E-state index contributed by atoms with van der Waals surface area (Å²) in [5.74, 6) is 1.77. The Balaban J connectivity index is 1.24. The lowest BCUT2D eigenvalue weighted by molar-refractivity contribution is 0.210. The summed E-state index contributed by atoms with van der Waals surface area (Å²) in [6, 6.07) is 44.7. The first-order valence-corrected chi connectivity index (χ1v) is 17.0. The molecule has 7 aromatic rings. The van der Waals surface area contributed by atoms with Crippen molar-refractivity contribution >= 4 is 48.2 Å². The van der Waals surface area contributed by atoms with Crippen molar-refractivity contribution in [2.24, 2.45) is 11.8 Å². The summed E-state index contributed by atoms with van der Waals surface area (Å²) >= 11 is 1.89. The number of aromatic nitrogens is 1. The molecule has 0 fully saturated rings. The Morgan fingerprint density at radius 1 is 0.652 bits per heavy atom.